The minimum absolute atomic E-state index is 0.0304. The van der Waals surface area contributed by atoms with Gasteiger partial charge in [0.2, 0.25) is 5.91 Å². The fourth-order valence-electron chi connectivity index (χ4n) is 4.39. The van der Waals surface area contributed by atoms with Crippen LogP contribution in [0.15, 0.2) is 60.7 Å². The Balaban J connectivity index is 1.24. The second kappa shape index (κ2) is 9.42. The quantitative estimate of drug-likeness (QED) is 0.782. The van der Waals surface area contributed by atoms with Crippen molar-refractivity contribution in [3.63, 3.8) is 0 Å². The summed E-state index contributed by atoms with van der Waals surface area (Å²) in [5, 5.41) is 0. The standard InChI is InChI=1S/C24H32N4O/c1-21(26-14-12-25(13-15-26)20-22-8-4-2-5-9-22)24(29)28-18-16-27(17-19-28)23-10-6-3-7-11-23/h2-11,21H,12-20H2,1H3. The highest BCUT2D eigenvalue weighted by Crippen LogP contribution is 2.17. The second-order valence-corrected chi connectivity index (χ2v) is 8.12. The van der Waals surface area contributed by atoms with Gasteiger partial charge < -0.3 is 9.80 Å². The lowest BCUT2D eigenvalue weighted by atomic mass is 10.1. The van der Waals surface area contributed by atoms with Crippen molar-refractivity contribution in [2.24, 2.45) is 0 Å². The molecule has 0 aliphatic carbocycles. The first-order valence-electron chi connectivity index (χ1n) is 10.8. The monoisotopic (exact) mass is 392 g/mol. The van der Waals surface area contributed by atoms with E-state index < -0.39 is 0 Å². The fourth-order valence-corrected chi connectivity index (χ4v) is 4.39. The Labute approximate surface area is 174 Å². The predicted molar refractivity (Wildman–Crippen MR) is 118 cm³/mol. The molecule has 5 nitrogen and oxygen atoms in total. The lowest BCUT2D eigenvalue weighted by Crippen LogP contribution is -2.57. The van der Waals surface area contributed by atoms with Crippen molar-refractivity contribution in [2.75, 3.05) is 57.3 Å². The van der Waals surface area contributed by atoms with Gasteiger partial charge in [0.15, 0.2) is 0 Å². The van der Waals surface area contributed by atoms with Gasteiger partial charge in [-0.25, -0.2) is 0 Å². The van der Waals surface area contributed by atoms with E-state index in [1.54, 1.807) is 0 Å². The van der Waals surface area contributed by atoms with Crippen molar-refractivity contribution in [2.45, 2.75) is 19.5 Å². The van der Waals surface area contributed by atoms with Gasteiger partial charge >= 0.3 is 0 Å². The zero-order valence-corrected chi connectivity index (χ0v) is 17.4. The lowest BCUT2D eigenvalue weighted by Gasteiger charge is -2.41. The van der Waals surface area contributed by atoms with Crippen LogP contribution in [-0.4, -0.2) is 79.0 Å². The number of nitrogens with zero attached hydrogens (tertiary/aromatic N) is 4. The smallest absolute Gasteiger partial charge is 0.239 e. The molecule has 2 saturated heterocycles. The van der Waals surface area contributed by atoms with E-state index in [4.69, 9.17) is 0 Å². The van der Waals surface area contributed by atoms with E-state index in [0.717, 1.165) is 58.9 Å². The third kappa shape index (κ3) is 4.98. The number of para-hydroxylation sites is 1. The number of piperazine rings is 2. The summed E-state index contributed by atoms with van der Waals surface area (Å²) >= 11 is 0. The zero-order chi connectivity index (χ0) is 20.1. The van der Waals surface area contributed by atoms with Crippen LogP contribution < -0.4 is 4.90 Å². The molecule has 154 valence electrons. The van der Waals surface area contributed by atoms with E-state index in [1.165, 1.54) is 11.3 Å². The Hall–Kier alpha value is -2.37. The molecule has 0 aromatic heterocycles. The molecular formula is C24H32N4O. The minimum Gasteiger partial charge on any atom is -0.368 e. The van der Waals surface area contributed by atoms with Crippen LogP contribution in [0.25, 0.3) is 0 Å². The highest BCUT2D eigenvalue weighted by molar-refractivity contribution is 5.81. The van der Waals surface area contributed by atoms with Crippen LogP contribution in [0.2, 0.25) is 0 Å². The molecule has 0 N–H and O–H groups in total. The van der Waals surface area contributed by atoms with Gasteiger partial charge in [-0.1, -0.05) is 48.5 Å². The summed E-state index contributed by atoms with van der Waals surface area (Å²) in [5.41, 5.74) is 2.61. The van der Waals surface area contributed by atoms with Crippen LogP contribution in [0.1, 0.15) is 12.5 Å². The molecule has 0 saturated carbocycles. The van der Waals surface area contributed by atoms with Crippen molar-refractivity contribution >= 4 is 11.6 Å². The molecule has 2 aromatic rings. The molecule has 0 radical (unpaired) electrons. The van der Waals surface area contributed by atoms with Crippen LogP contribution in [-0.2, 0) is 11.3 Å². The van der Waals surface area contributed by atoms with Crippen molar-refractivity contribution < 1.29 is 4.79 Å². The number of anilines is 1. The molecule has 4 rings (SSSR count). The predicted octanol–water partition coefficient (Wildman–Crippen LogP) is 2.54. The van der Waals surface area contributed by atoms with Crippen LogP contribution in [0.5, 0.6) is 0 Å². The number of carbonyl (C=O) groups is 1. The number of benzene rings is 2. The van der Waals surface area contributed by atoms with Crippen LogP contribution in [0.3, 0.4) is 0 Å². The average Bonchev–Trinajstić information content (AvgIpc) is 2.80. The highest BCUT2D eigenvalue weighted by Gasteiger charge is 2.30. The Morgan fingerprint density at radius 2 is 1.38 bits per heavy atom. The summed E-state index contributed by atoms with van der Waals surface area (Å²) in [6.07, 6.45) is 0. The zero-order valence-electron chi connectivity index (χ0n) is 17.4. The molecule has 1 unspecified atom stereocenters. The normalized spacial score (nSPS) is 19.9. The number of rotatable bonds is 5. The molecule has 2 aromatic carbocycles. The third-order valence-electron chi connectivity index (χ3n) is 6.27. The number of amides is 1. The van der Waals surface area contributed by atoms with Gasteiger partial charge in [-0.2, -0.15) is 0 Å². The number of hydrogen-bond acceptors (Lipinski definition) is 4. The first-order chi connectivity index (χ1) is 14.2. The average molecular weight is 393 g/mol. The van der Waals surface area contributed by atoms with Gasteiger partial charge in [-0.05, 0) is 24.6 Å². The SMILES string of the molecule is CC(C(=O)N1CCN(c2ccccc2)CC1)N1CCN(Cc2ccccc2)CC1. The molecule has 0 spiro atoms. The van der Waals surface area contributed by atoms with Gasteiger partial charge in [0.1, 0.15) is 0 Å². The topological polar surface area (TPSA) is 30.0 Å². The molecular weight excluding hydrogens is 360 g/mol. The Kier molecular flexibility index (Phi) is 6.47. The maximum absolute atomic E-state index is 13.1. The van der Waals surface area contributed by atoms with Crippen molar-refractivity contribution in [3.8, 4) is 0 Å². The largest absolute Gasteiger partial charge is 0.368 e. The lowest BCUT2D eigenvalue weighted by molar-refractivity contribution is -0.137. The first kappa shape index (κ1) is 19.9. The molecule has 1 amide bonds. The van der Waals surface area contributed by atoms with Gasteiger partial charge in [-0.3, -0.25) is 14.6 Å². The molecule has 2 aliphatic rings. The van der Waals surface area contributed by atoms with Crippen LogP contribution in [0.4, 0.5) is 5.69 Å². The van der Waals surface area contributed by atoms with Crippen LogP contribution in [0, 0.1) is 0 Å². The summed E-state index contributed by atoms with van der Waals surface area (Å²) in [6, 6.07) is 21.1. The van der Waals surface area contributed by atoms with Gasteiger partial charge in [0, 0.05) is 64.6 Å². The van der Waals surface area contributed by atoms with E-state index in [9.17, 15) is 4.79 Å². The first-order valence-corrected chi connectivity index (χ1v) is 10.8. The second-order valence-electron chi connectivity index (χ2n) is 8.12. The Morgan fingerprint density at radius 1 is 0.793 bits per heavy atom. The molecule has 2 heterocycles. The summed E-state index contributed by atoms with van der Waals surface area (Å²) in [7, 11) is 0. The van der Waals surface area contributed by atoms with E-state index >= 15 is 0 Å². The summed E-state index contributed by atoms with van der Waals surface area (Å²) in [4.78, 5) is 22.3. The number of carbonyl (C=O) groups excluding carboxylic acids is 1. The maximum atomic E-state index is 13.1. The van der Waals surface area contributed by atoms with Gasteiger partial charge in [-0.15, -0.1) is 0 Å². The molecule has 5 heteroatoms. The molecule has 29 heavy (non-hydrogen) atoms. The summed E-state index contributed by atoms with van der Waals surface area (Å²) in [6.45, 7) is 10.5. The van der Waals surface area contributed by atoms with Gasteiger partial charge in [0.05, 0.1) is 6.04 Å². The molecule has 0 bridgehead atoms. The third-order valence-corrected chi connectivity index (χ3v) is 6.27. The molecule has 2 aliphatic heterocycles. The summed E-state index contributed by atoms with van der Waals surface area (Å²) in [5.74, 6) is 0.286. The number of hydrogen-bond donors (Lipinski definition) is 0. The molecule has 1 atom stereocenters. The Morgan fingerprint density at radius 3 is 2.00 bits per heavy atom. The summed E-state index contributed by atoms with van der Waals surface area (Å²) < 4.78 is 0. The van der Waals surface area contributed by atoms with Crippen molar-refractivity contribution in [1.82, 2.24) is 14.7 Å². The van der Waals surface area contributed by atoms with Gasteiger partial charge in [0.25, 0.3) is 0 Å². The van der Waals surface area contributed by atoms with E-state index in [2.05, 4.69) is 81.1 Å². The van der Waals surface area contributed by atoms with E-state index in [-0.39, 0.29) is 11.9 Å². The van der Waals surface area contributed by atoms with Crippen LogP contribution >= 0.6 is 0 Å². The minimum atomic E-state index is -0.0304. The molecule has 2 fully saturated rings. The van der Waals surface area contributed by atoms with Crippen molar-refractivity contribution in [3.05, 3.63) is 66.2 Å². The fraction of sp³-hybridized carbons (Fsp3) is 0.458. The van der Waals surface area contributed by atoms with Crippen molar-refractivity contribution in [1.29, 1.82) is 0 Å². The highest BCUT2D eigenvalue weighted by atomic mass is 16.2. The Bertz CT molecular complexity index is 766. The maximum Gasteiger partial charge on any atom is 0.239 e. The van der Waals surface area contributed by atoms with E-state index in [0.29, 0.717) is 0 Å². The van der Waals surface area contributed by atoms with E-state index in [1.807, 2.05) is 6.07 Å².